The van der Waals surface area contributed by atoms with Crippen LogP contribution in [0.25, 0.3) is 0 Å². The highest BCUT2D eigenvalue weighted by atomic mass is 16.5. The van der Waals surface area contributed by atoms with Crippen molar-refractivity contribution in [2.24, 2.45) is 5.92 Å². The number of likely N-dealkylation sites (tertiary alicyclic amines) is 1. The lowest BCUT2D eigenvalue weighted by molar-refractivity contribution is 0.267. The highest BCUT2D eigenvalue weighted by molar-refractivity contribution is 5.48. The maximum atomic E-state index is 5.80. The van der Waals surface area contributed by atoms with Gasteiger partial charge in [0.25, 0.3) is 0 Å². The summed E-state index contributed by atoms with van der Waals surface area (Å²) in [6.07, 6.45) is 5.34. The lowest BCUT2D eigenvalue weighted by Crippen LogP contribution is -2.24. The van der Waals surface area contributed by atoms with Gasteiger partial charge in [-0.2, -0.15) is 0 Å². The van der Waals surface area contributed by atoms with Crippen LogP contribution in [0.5, 0.6) is 5.75 Å². The van der Waals surface area contributed by atoms with Crippen molar-refractivity contribution in [1.82, 2.24) is 4.90 Å². The van der Waals surface area contributed by atoms with E-state index in [-0.39, 0.29) is 0 Å². The van der Waals surface area contributed by atoms with Gasteiger partial charge in [0.2, 0.25) is 0 Å². The van der Waals surface area contributed by atoms with Crippen LogP contribution in [0.2, 0.25) is 0 Å². The molecule has 0 spiro atoms. The Balaban J connectivity index is 2.00. The summed E-state index contributed by atoms with van der Waals surface area (Å²) in [7, 11) is 1.72. The summed E-state index contributed by atoms with van der Waals surface area (Å²) in [6.45, 7) is 5.68. The van der Waals surface area contributed by atoms with Gasteiger partial charge in [0, 0.05) is 23.9 Å². The van der Waals surface area contributed by atoms with Gasteiger partial charge in [0.1, 0.15) is 5.75 Å². The molecular weight excluding hydrogens is 236 g/mol. The summed E-state index contributed by atoms with van der Waals surface area (Å²) in [6, 6.07) is 5.98. The Hall–Kier alpha value is -1.22. The van der Waals surface area contributed by atoms with Crippen LogP contribution in [0.4, 0.5) is 5.69 Å². The third kappa shape index (κ3) is 3.87. The van der Waals surface area contributed by atoms with Crippen molar-refractivity contribution in [2.75, 3.05) is 25.9 Å². The average molecular weight is 262 g/mol. The molecule has 106 valence electrons. The van der Waals surface area contributed by atoms with E-state index in [9.17, 15) is 0 Å². The molecule has 0 aromatic heterocycles. The molecule has 2 N–H and O–H groups in total. The summed E-state index contributed by atoms with van der Waals surface area (Å²) >= 11 is 0. The summed E-state index contributed by atoms with van der Waals surface area (Å²) in [5.41, 5.74) is 7.81. The molecule has 0 radical (unpaired) electrons. The van der Waals surface area contributed by atoms with Crippen molar-refractivity contribution >= 4 is 5.69 Å². The molecule has 3 heteroatoms. The maximum absolute atomic E-state index is 5.80. The van der Waals surface area contributed by atoms with Gasteiger partial charge in [-0.3, -0.25) is 4.90 Å². The number of hydrogen-bond acceptors (Lipinski definition) is 3. The molecule has 0 aliphatic carbocycles. The van der Waals surface area contributed by atoms with E-state index in [1.165, 1.54) is 44.3 Å². The number of ether oxygens (including phenoxy) is 1. The van der Waals surface area contributed by atoms with E-state index in [2.05, 4.69) is 17.9 Å². The molecular formula is C16H26N2O. The van der Waals surface area contributed by atoms with Gasteiger partial charge >= 0.3 is 0 Å². The van der Waals surface area contributed by atoms with Gasteiger partial charge in [-0.05, 0) is 44.3 Å². The largest absolute Gasteiger partial charge is 0.496 e. The minimum atomic E-state index is 0.766. The van der Waals surface area contributed by atoms with Crippen LogP contribution in [-0.2, 0) is 6.54 Å². The highest BCUT2D eigenvalue weighted by Crippen LogP contribution is 2.25. The minimum absolute atomic E-state index is 0.766. The molecule has 1 unspecified atom stereocenters. The Morgan fingerprint density at radius 2 is 2.16 bits per heavy atom. The van der Waals surface area contributed by atoms with Crippen molar-refractivity contribution < 1.29 is 4.74 Å². The van der Waals surface area contributed by atoms with Gasteiger partial charge in [-0.1, -0.05) is 19.4 Å². The second kappa shape index (κ2) is 6.80. The standard InChI is InChI=1S/C16H26N2O/c1-3-13-5-4-9-18(10-8-13)12-14-6-7-15(17)11-16(14)19-2/h6-7,11,13H,3-5,8-10,12,17H2,1-2H3. The number of anilines is 1. The van der Waals surface area contributed by atoms with E-state index in [1.54, 1.807) is 7.11 Å². The van der Waals surface area contributed by atoms with E-state index in [4.69, 9.17) is 10.5 Å². The van der Waals surface area contributed by atoms with Crippen molar-refractivity contribution in [3.05, 3.63) is 23.8 Å². The fraction of sp³-hybridized carbons (Fsp3) is 0.625. The fourth-order valence-electron chi connectivity index (χ4n) is 2.92. The summed E-state index contributed by atoms with van der Waals surface area (Å²) in [4.78, 5) is 2.55. The molecule has 1 aromatic carbocycles. The normalized spacial score (nSPS) is 21.1. The molecule has 1 fully saturated rings. The molecule has 0 bridgehead atoms. The lowest BCUT2D eigenvalue weighted by atomic mass is 9.98. The average Bonchev–Trinajstić information content (AvgIpc) is 2.66. The molecule has 1 atom stereocenters. The van der Waals surface area contributed by atoms with Gasteiger partial charge in [0.05, 0.1) is 7.11 Å². The minimum Gasteiger partial charge on any atom is -0.496 e. The first-order valence-electron chi connectivity index (χ1n) is 7.37. The van der Waals surface area contributed by atoms with Gasteiger partial charge < -0.3 is 10.5 Å². The SMILES string of the molecule is CCC1CCCN(Cc2ccc(N)cc2OC)CC1. The number of nitrogens with zero attached hydrogens (tertiary/aromatic N) is 1. The number of nitrogens with two attached hydrogens (primary N) is 1. The highest BCUT2D eigenvalue weighted by Gasteiger charge is 2.17. The summed E-state index contributed by atoms with van der Waals surface area (Å²) in [5.74, 6) is 1.83. The Morgan fingerprint density at radius 1 is 1.32 bits per heavy atom. The molecule has 1 heterocycles. The number of nitrogen functional groups attached to an aromatic ring is 1. The Labute approximate surface area is 116 Å². The van der Waals surface area contributed by atoms with Crippen molar-refractivity contribution in [3.8, 4) is 5.75 Å². The van der Waals surface area contributed by atoms with E-state index >= 15 is 0 Å². The van der Waals surface area contributed by atoms with E-state index < -0.39 is 0 Å². The van der Waals surface area contributed by atoms with Crippen LogP contribution in [0.15, 0.2) is 18.2 Å². The zero-order valence-corrected chi connectivity index (χ0v) is 12.2. The molecule has 0 amide bonds. The molecule has 1 aromatic rings. The molecule has 0 saturated carbocycles. The van der Waals surface area contributed by atoms with Crippen LogP contribution in [0, 0.1) is 5.92 Å². The van der Waals surface area contributed by atoms with Crippen LogP contribution in [0.1, 0.15) is 38.2 Å². The molecule has 1 aliphatic rings. The predicted octanol–water partition coefficient (Wildman–Crippen LogP) is 3.29. The fourth-order valence-corrected chi connectivity index (χ4v) is 2.92. The van der Waals surface area contributed by atoms with E-state index in [0.29, 0.717) is 0 Å². The Kier molecular flexibility index (Phi) is 5.08. The van der Waals surface area contributed by atoms with Crippen LogP contribution in [-0.4, -0.2) is 25.1 Å². The number of rotatable bonds is 4. The zero-order chi connectivity index (χ0) is 13.7. The van der Waals surface area contributed by atoms with Gasteiger partial charge in [-0.25, -0.2) is 0 Å². The molecule has 1 aliphatic heterocycles. The zero-order valence-electron chi connectivity index (χ0n) is 12.2. The first-order valence-corrected chi connectivity index (χ1v) is 7.37. The number of benzene rings is 1. The first-order chi connectivity index (χ1) is 9.22. The summed E-state index contributed by atoms with van der Waals surface area (Å²) < 4.78 is 5.43. The second-order valence-electron chi connectivity index (χ2n) is 5.55. The van der Waals surface area contributed by atoms with Crippen LogP contribution < -0.4 is 10.5 Å². The third-order valence-electron chi connectivity index (χ3n) is 4.22. The molecule has 3 nitrogen and oxygen atoms in total. The smallest absolute Gasteiger partial charge is 0.125 e. The number of hydrogen-bond donors (Lipinski definition) is 1. The van der Waals surface area contributed by atoms with Gasteiger partial charge in [-0.15, -0.1) is 0 Å². The molecule has 19 heavy (non-hydrogen) atoms. The lowest BCUT2D eigenvalue weighted by Gasteiger charge is -2.21. The predicted molar refractivity (Wildman–Crippen MR) is 80.3 cm³/mol. The second-order valence-corrected chi connectivity index (χ2v) is 5.55. The van der Waals surface area contributed by atoms with Crippen molar-refractivity contribution in [2.45, 2.75) is 39.2 Å². The third-order valence-corrected chi connectivity index (χ3v) is 4.22. The quantitative estimate of drug-likeness (QED) is 0.846. The Morgan fingerprint density at radius 3 is 2.89 bits per heavy atom. The van der Waals surface area contributed by atoms with Gasteiger partial charge in [0.15, 0.2) is 0 Å². The summed E-state index contributed by atoms with van der Waals surface area (Å²) in [5, 5.41) is 0. The Bertz CT molecular complexity index is 406. The van der Waals surface area contributed by atoms with Crippen molar-refractivity contribution in [3.63, 3.8) is 0 Å². The van der Waals surface area contributed by atoms with Crippen LogP contribution >= 0.6 is 0 Å². The van der Waals surface area contributed by atoms with Crippen molar-refractivity contribution in [1.29, 1.82) is 0 Å². The maximum Gasteiger partial charge on any atom is 0.125 e. The van der Waals surface area contributed by atoms with E-state index in [0.717, 1.165) is 23.9 Å². The topological polar surface area (TPSA) is 38.5 Å². The van der Waals surface area contributed by atoms with Crippen LogP contribution in [0.3, 0.4) is 0 Å². The van der Waals surface area contributed by atoms with E-state index in [1.807, 2.05) is 12.1 Å². The first kappa shape index (κ1) is 14.2. The monoisotopic (exact) mass is 262 g/mol. The molecule has 2 rings (SSSR count). The molecule has 1 saturated heterocycles. The number of methoxy groups -OCH3 is 1.